The first-order chi connectivity index (χ1) is 43.8. The zero-order valence-corrected chi connectivity index (χ0v) is 56.1. The van der Waals surface area contributed by atoms with Crippen molar-refractivity contribution in [3.63, 3.8) is 0 Å². The van der Waals surface area contributed by atoms with Gasteiger partial charge in [-0.05, 0) is 44.9 Å². The Kier molecular flexibility index (Phi) is 49.0. The van der Waals surface area contributed by atoms with E-state index in [0.717, 1.165) is 51.4 Å². The fourth-order valence-corrected chi connectivity index (χ4v) is 12.6. The minimum Gasteiger partial charge on any atom is -0.394 e. The van der Waals surface area contributed by atoms with Gasteiger partial charge in [0.25, 0.3) is 0 Å². The number of aliphatic hydroxyl groups excluding tert-OH is 11. The molecule has 3 aliphatic rings. The van der Waals surface area contributed by atoms with Gasteiger partial charge in [-0.25, -0.2) is 0 Å². The van der Waals surface area contributed by atoms with Gasteiger partial charge in [0.05, 0.1) is 38.6 Å². The summed E-state index contributed by atoms with van der Waals surface area (Å²) in [5, 5.41) is 120. The number of unbranched alkanes of at least 4 members (excludes halogenated alkanes) is 37. The number of allylic oxidation sites excluding steroid dienone is 4. The van der Waals surface area contributed by atoms with Crippen molar-refractivity contribution in [1.82, 2.24) is 5.32 Å². The Hall–Kier alpha value is -1.73. The second-order valence-electron chi connectivity index (χ2n) is 26.4. The summed E-state index contributed by atoms with van der Waals surface area (Å²) in [6, 6.07) is -0.881. The summed E-state index contributed by atoms with van der Waals surface area (Å²) in [4.78, 5) is 13.4. The third kappa shape index (κ3) is 34.8. The molecule has 0 saturated carbocycles. The number of rotatable bonds is 57. The SMILES string of the molecule is CCCCCCC/C=C\C/C=C\CCCCCCCCCCCCCCCCCCCCCCCCCCCC(=O)NC(COC1OC(CO)C(OC2OC(CO)C(OC3OC(CO)C(O)C(O)C3O)C(O)C2O)C(O)C1O)C(O)CCCCCCCCCC. The molecule has 0 aliphatic carbocycles. The molecular weight excluding hydrogens is 1150 g/mol. The van der Waals surface area contributed by atoms with Gasteiger partial charge in [-0.3, -0.25) is 4.79 Å². The minimum absolute atomic E-state index is 0.241. The molecule has 0 aromatic heterocycles. The number of carbonyl (C=O) groups is 1. The maximum absolute atomic E-state index is 13.4. The van der Waals surface area contributed by atoms with Crippen molar-refractivity contribution in [2.45, 2.75) is 394 Å². The zero-order chi connectivity index (χ0) is 65.4. The highest BCUT2D eigenvalue weighted by atomic mass is 16.8. The lowest BCUT2D eigenvalue weighted by Gasteiger charge is -2.48. The maximum atomic E-state index is 13.4. The molecule has 3 fully saturated rings. The van der Waals surface area contributed by atoms with Crippen molar-refractivity contribution in [1.29, 1.82) is 0 Å². The van der Waals surface area contributed by atoms with E-state index in [-0.39, 0.29) is 18.9 Å². The van der Waals surface area contributed by atoms with Crippen LogP contribution in [0.5, 0.6) is 0 Å². The number of amides is 1. The Bertz CT molecular complexity index is 1730. The van der Waals surface area contributed by atoms with Crippen molar-refractivity contribution >= 4 is 5.91 Å². The molecule has 19 nitrogen and oxygen atoms in total. The van der Waals surface area contributed by atoms with Crippen LogP contribution in [0.15, 0.2) is 24.3 Å². The second kappa shape index (κ2) is 53.4. The normalized spacial score (nSPS) is 28.1. The van der Waals surface area contributed by atoms with Crippen LogP contribution in [0.25, 0.3) is 0 Å². The molecule has 90 heavy (non-hydrogen) atoms. The Balaban J connectivity index is 1.26. The highest BCUT2D eigenvalue weighted by molar-refractivity contribution is 5.76. The van der Waals surface area contributed by atoms with Gasteiger partial charge in [0, 0.05) is 6.42 Å². The molecule has 0 bridgehead atoms. The summed E-state index contributed by atoms with van der Waals surface area (Å²) in [5.74, 6) is -0.241. The van der Waals surface area contributed by atoms with Gasteiger partial charge in [-0.2, -0.15) is 0 Å². The number of hydrogen-bond donors (Lipinski definition) is 12. The fraction of sp³-hybridized carbons (Fsp3) is 0.930. The van der Waals surface area contributed by atoms with Crippen molar-refractivity contribution in [3.8, 4) is 0 Å². The number of hydrogen-bond acceptors (Lipinski definition) is 18. The van der Waals surface area contributed by atoms with Crippen LogP contribution in [-0.2, 0) is 33.2 Å². The minimum atomic E-state index is -1.97. The molecule has 0 spiro atoms. The Morgan fingerprint density at radius 1 is 0.400 bits per heavy atom. The Morgan fingerprint density at radius 3 is 1.13 bits per heavy atom. The van der Waals surface area contributed by atoms with Crippen molar-refractivity contribution in [2.75, 3.05) is 26.4 Å². The molecule has 17 atom stereocenters. The van der Waals surface area contributed by atoms with E-state index >= 15 is 0 Å². The van der Waals surface area contributed by atoms with E-state index in [1.165, 1.54) is 205 Å². The molecule has 3 saturated heterocycles. The predicted octanol–water partition coefficient (Wildman–Crippen LogP) is 10.2. The predicted molar refractivity (Wildman–Crippen MR) is 351 cm³/mol. The van der Waals surface area contributed by atoms with Crippen LogP contribution >= 0.6 is 0 Å². The average Bonchev–Trinajstić information content (AvgIpc) is 0.847. The number of ether oxygens (including phenoxy) is 6. The fourth-order valence-electron chi connectivity index (χ4n) is 12.6. The molecule has 3 rings (SSSR count). The van der Waals surface area contributed by atoms with Crippen molar-refractivity contribution in [3.05, 3.63) is 24.3 Å². The topological polar surface area (TPSA) is 307 Å². The number of nitrogens with one attached hydrogen (secondary N) is 1. The average molecular weight is 1290 g/mol. The van der Waals surface area contributed by atoms with Gasteiger partial charge in [0.1, 0.15) is 73.2 Å². The molecule has 0 radical (unpaired) electrons. The molecular formula is C71H133NO18. The quantitative estimate of drug-likeness (QED) is 0.0199. The first-order valence-corrected chi connectivity index (χ1v) is 36.6. The van der Waals surface area contributed by atoms with E-state index in [9.17, 15) is 61.0 Å². The van der Waals surface area contributed by atoms with Crippen molar-refractivity contribution < 1.29 is 89.4 Å². The first-order valence-electron chi connectivity index (χ1n) is 36.6. The highest BCUT2D eigenvalue weighted by Gasteiger charge is 2.53. The van der Waals surface area contributed by atoms with Gasteiger partial charge >= 0.3 is 0 Å². The zero-order valence-electron chi connectivity index (χ0n) is 56.1. The Morgan fingerprint density at radius 2 is 0.733 bits per heavy atom. The smallest absolute Gasteiger partial charge is 0.220 e. The molecule has 19 heteroatoms. The summed E-state index contributed by atoms with van der Waals surface area (Å²) < 4.78 is 34.3. The molecule has 1 amide bonds. The standard InChI is InChI=1S/C71H133NO18/c1-3-5-7-9-11-13-14-15-16-17-18-19-20-21-22-23-24-25-26-27-28-29-30-31-32-33-34-35-36-37-38-39-40-41-43-45-47-49-59(77)72-54(55(76)48-46-44-42-12-10-8-6-4-2)53-85-69-65(83)62(80)67(57(51-74)87-69)90-71-66(84)63(81)68(58(52-75)88-71)89-70-64(82)61(79)60(78)56(50-73)86-70/h14-15,17-18,54-58,60-71,73-76,78-84H,3-13,16,19-53H2,1-2H3,(H,72,77)/b15-14-,18-17-. The molecule has 17 unspecified atom stereocenters. The third-order valence-corrected chi connectivity index (χ3v) is 18.5. The van der Waals surface area contributed by atoms with E-state index in [2.05, 4.69) is 43.5 Å². The number of carbonyl (C=O) groups excluding carboxylic acids is 1. The van der Waals surface area contributed by atoms with Crippen LogP contribution in [-0.4, -0.2) is 193 Å². The number of aliphatic hydroxyl groups is 11. The van der Waals surface area contributed by atoms with E-state index in [0.29, 0.717) is 12.8 Å². The molecule has 0 aromatic carbocycles. The first kappa shape index (κ1) is 82.5. The van der Waals surface area contributed by atoms with Gasteiger partial charge in [-0.15, -0.1) is 0 Å². The summed E-state index contributed by atoms with van der Waals surface area (Å²) in [7, 11) is 0. The van der Waals surface area contributed by atoms with Crippen molar-refractivity contribution in [2.24, 2.45) is 0 Å². The highest BCUT2D eigenvalue weighted by Crippen LogP contribution is 2.33. The van der Waals surface area contributed by atoms with Crippen LogP contribution < -0.4 is 5.32 Å². The summed E-state index contributed by atoms with van der Waals surface area (Å²) in [6.07, 6.45) is 34.8. The van der Waals surface area contributed by atoms with E-state index in [1.54, 1.807) is 0 Å². The lowest BCUT2D eigenvalue weighted by Crippen LogP contribution is -2.66. The van der Waals surface area contributed by atoms with Crippen LogP contribution in [0.2, 0.25) is 0 Å². The van der Waals surface area contributed by atoms with E-state index < -0.39 is 124 Å². The van der Waals surface area contributed by atoms with Gasteiger partial charge in [0.15, 0.2) is 18.9 Å². The lowest BCUT2D eigenvalue weighted by atomic mass is 9.96. The molecule has 12 N–H and O–H groups in total. The summed E-state index contributed by atoms with van der Waals surface area (Å²) in [5.41, 5.74) is 0. The van der Waals surface area contributed by atoms with E-state index in [1.807, 2.05) is 0 Å². The molecule has 0 aromatic rings. The summed E-state index contributed by atoms with van der Waals surface area (Å²) >= 11 is 0. The largest absolute Gasteiger partial charge is 0.394 e. The van der Waals surface area contributed by atoms with Crippen LogP contribution in [0.1, 0.15) is 290 Å². The van der Waals surface area contributed by atoms with Gasteiger partial charge in [0.2, 0.25) is 5.91 Å². The summed E-state index contributed by atoms with van der Waals surface area (Å²) in [6.45, 7) is 1.76. The van der Waals surface area contributed by atoms with Crippen LogP contribution in [0.3, 0.4) is 0 Å². The maximum Gasteiger partial charge on any atom is 0.220 e. The van der Waals surface area contributed by atoms with E-state index in [4.69, 9.17) is 28.4 Å². The van der Waals surface area contributed by atoms with Gasteiger partial charge in [-0.1, -0.05) is 263 Å². The second-order valence-corrected chi connectivity index (χ2v) is 26.4. The Labute approximate surface area is 543 Å². The van der Waals surface area contributed by atoms with Crippen LogP contribution in [0, 0.1) is 0 Å². The van der Waals surface area contributed by atoms with Gasteiger partial charge < -0.3 is 89.9 Å². The lowest BCUT2D eigenvalue weighted by molar-refractivity contribution is -0.379. The van der Waals surface area contributed by atoms with Crippen LogP contribution in [0.4, 0.5) is 0 Å². The molecule has 3 heterocycles. The molecule has 3 aliphatic heterocycles. The third-order valence-electron chi connectivity index (χ3n) is 18.5. The molecule has 530 valence electrons. The monoisotopic (exact) mass is 1290 g/mol.